The number of hydrogen-bond donors (Lipinski definition) is 1. The number of nitrogens with one attached hydrogen (secondary N) is 1. The summed E-state index contributed by atoms with van der Waals surface area (Å²) in [6.45, 7) is 4.89. The van der Waals surface area contributed by atoms with Crippen molar-refractivity contribution in [2.45, 2.75) is 39.4 Å². The third-order valence-electron chi connectivity index (χ3n) is 4.29. The summed E-state index contributed by atoms with van der Waals surface area (Å²) in [5.41, 5.74) is 2.13. The highest BCUT2D eigenvalue weighted by atomic mass is 32.2. The normalized spacial score (nSPS) is 17.7. The largest absolute Gasteiger partial charge is 0.350 e. The van der Waals surface area contributed by atoms with Crippen LogP contribution in [0, 0.1) is 6.92 Å². The average molecular weight is 378 g/mol. The third-order valence-corrected chi connectivity index (χ3v) is 5.64. The Morgan fingerprint density at radius 3 is 2.69 bits per heavy atom. The van der Waals surface area contributed by atoms with E-state index in [9.17, 15) is 13.2 Å². The summed E-state index contributed by atoms with van der Waals surface area (Å²) in [5.74, 6) is 0.490. The summed E-state index contributed by atoms with van der Waals surface area (Å²) in [6, 6.07) is -0.349. The number of carbonyl (C=O) groups excluding carboxylic acids is 1. The second kappa shape index (κ2) is 7.12. The highest BCUT2D eigenvalue weighted by Crippen LogP contribution is 2.26. The van der Waals surface area contributed by atoms with Crippen LogP contribution in [0.2, 0.25) is 0 Å². The number of imidazole rings is 1. The second-order valence-electron chi connectivity index (χ2n) is 6.44. The molecule has 1 aliphatic heterocycles. The van der Waals surface area contributed by atoms with Crippen LogP contribution >= 0.6 is 0 Å². The van der Waals surface area contributed by atoms with Crippen LogP contribution in [0.5, 0.6) is 0 Å². The van der Waals surface area contributed by atoms with E-state index >= 15 is 0 Å². The Morgan fingerprint density at radius 2 is 2.04 bits per heavy atom. The van der Waals surface area contributed by atoms with Crippen molar-refractivity contribution in [1.82, 2.24) is 29.1 Å². The van der Waals surface area contributed by atoms with Crippen molar-refractivity contribution in [3.8, 4) is 0 Å². The number of amides is 1. The Morgan fingerprint density at radius 1 is 1.27 bits per heavy atom. The van der Waals surface area contributed by atoms with E-state index in [1.54, 1.807) is 19.3 Å². The summed E-state index contributed by atoms with van der Waals surface area (Å²) in [4.78, 5) is 25.0. The topological polar surface area (TPSA) is 110 Å². The van der Waals surface area contributed by atoms with Crippen molar-refractivity contribution in [2.24, 2.45) is 0 Å². The van der Waals surface area contributed by atoms with Gasteiger partial charge in [-0.15, -0.1) is 0 Å². The van der Waals surface area contributed by atoms with E-state index in [-0.39, 0.29) is 18.4 Å². The second-order valence-corrected chi connectivity index (χ2v) is 8.37. The van der Waals surface area contributed by atoms with Gasteiger partial charge < -0.3 is 9.88 Å². The summed E-state index contributed by atoms with van der Waals surface area (Å²) < 4.78 is 27.0. The molecule has 140 valence electrons. The van der Waals surface area contributed by atoms with E-state index in [1.165, 1.54) is 10.6 Å². The minimum atomic E-state index is -3.29. The number of rotatable bonds is 5. The van der Waals surface area contributed by atoms with Crippen molar-refractivity contribution in [2.75, 3.05) is 12.8 Å². The Labute approximate surface area is 152 Å². The number of nitrogens with zero attached hydrogens (tertiary/aromatic N) is 5. The SMILES string of the molecule is Cc1cnc(CNC(=O)Cc2cn3c(n2)[C@H](C)N(S(C)(=O)=O)CC3)cn1. The number of aromatic nitrogens is 4. The first-order valence-electron chi connectivity index (χ1n) is 8.31. The van der Waals surface area contributed by atoms with Gasteiger partial charge in [0.05, 0.1) is 48.5 Å². The fraction of sp³-hybridized carbons (Fsp3) is 0.500. The lowest BCUT2D eigenvalue weighted by atomic mass is 10.2. The highest BCUT2D eigenvalue weighted by molar-refractivity contribution is 7.88. The Kier molecular flexibility index (Phi) is 5.05. The van der Waals surface area contributed by atoms with Gasteiger partial charge >= 0.3 is 0 Å². The smallest absolute Gasteiger partial charge is 0.226 e. The number of hydrogen-bond acceptors (Lipinski definition) is 6. The van der Waals surface area contributed by atoms with Crippen molar-refractivity contribution in [3.63, 3.8) is 0 Å². The number of aryl methyl sites for hydroxylation is 1. The predicted molar refractivity (Wildman–Crippen MR) is 94.5 cm³/mol. The first-order chi connectivity index (χ1) is 12.2. The van der Waals surface area contributed by atoms with E-state index in [1.807, 2.05) is 17.7 Å². The van der Waals surface area contributed by atoms with Gasteiger partial charge in [0.2, 0.25) is 15.9 Å². The van der Waals surface area contributed by atoms with E-state index in [0.717, 1.165) is 5.69 Å². The summed E-state index contributed by atoms with van der Waals surface area (Å²) in [7, 11) is -3.29. The molecule has 0 saturated carbocycles. The molecule has 3 heterocycles. The summed E-state index contributed by atoms with van der Waals surface area (Å²) >= 11 is 0. The Bertz CT molecular complexity index is 907. The average Bonchev–Trinajstić information content (AvgIpc) is 2.97. The van der Waals surface area contributed by atoms with Crippen LogP contribution in [0.1, 0.15) is 35.9 Å². The Balaban J connectivity index is 1.63. The highest BCUT2D eigenvalue weighted by Gasteiger charge is 2.32. The predicted octanol–water partition coefficient (Wildman–Crippen LogP) is 0.177. The molecule has 0 spiro atoms. The van der Waals surface area contributed by atoms with Crippen molar-refractivity contribution in [1.29, 1.82) is 0 Å². The van der Waals surface area contributed by atoms with Crippen molar-refractivity contribution in [3.05, 3.63) is 41.5 Å². The molecule has 0 radical (unpaired) electrons. The molecule has 0 aromatic carbocycles. The third kappa shape index (κ3) is 4.07. The van der Waals surface area contributed by atoms with Gasteiger partial charge in [0.15, 0.2) is 0 Å². The maximum absolute atomic E-state index is 12.2. The molecular weight excluding hydrogens is 356 g/mol. The number of sulfonamides is 1. The lowest BCUT2D eigenvalue weighted by Gasteiger charge is -2.31. The lowest BCUT2D eigenvalue weighted by molar-refractivity contribution is -0.120. The molecule has 26 heavy (non-hydrogen) atoms. The molecular formula is C16H22N6O3S. The molecule has 0 aliphatic carbocycles. The monoisotopic (exact) mass is 378 g/mol. The molecule has 9 nitrogen and oxygen atoms in total. The maximum atomic E-state index is 12.2. The molecule has 0 unspecified atom stereocenters. The zero-order valence-electron chi connectivity index (χ0n) is 15.0. The van der Waals surface area contributed by atoms with Crippen LogP contribution in [0.3, 0.4) is 0 Å². The maximum Gasteiger partial charge on any atom is 0.226 e. The van der Waals surface area contributed by atoms with E-state index < -0.39 is 10.0 Å². The van der Waals surface area contributed by atoms with Gasteiger partial charge in [0.1, 0.15) is 5.82 Å². The Hall–Kier alpha value is -2.33. The number of fused-ring (bicyclic) bond motifs is 1. The molecule has 1 aliphatic rings. The zero-order valence-corrected chi connectivity index (χ0v) is 15.8. The van der Waals surface area contributed by atoms with Crippen LogP contribution in [0.15, 0.2) is 18.6 Å². The van der Waals surface area contributed by atoms with Gasteiger partial charge in [-0.05, 0) is 13.8 Å². The molecule has 0 fully saturated rings. The van der Waals surface area contributed by atoms with Gasteiger partial charge in [-0.2, -0.15) is 4.31 Å². The molecule has 2 aromatic heterocycles. The van der Waals surface area contributed by atoms with Gasteiger partial charge in [-0.1, -0.05) is 0 Å². The van der Waals surface area contributed by atoms with Crippen LogP contribution in [0.4, 0.5) is 0 Å². The molecule has 0 bridgehead atoms. The molecule has 3 rings (SSSR count). The van der Waals surface area contributed by atoms with E-state index in [0.29, 0.717) is 36.8 Å². The quantitative estimate of drug-likeness (QED) is 0.795. The van der Waals surface area contributed by atoms with Gasteiger partial charge in [0, 0.05) is 25.5 Å². The standard InChI is InChI=1S/C16H22N6O3S/c1-11-7-18-14(8-17-11)9-19-15(23)6-13-10-21-4-5-22(26(3,24)25)12(2)16(21)20-13/h7-8,10,12H,4-6,9H2,1-3H3,(H,19,23)/t12-/m0/s1. The molecule has 2 aromatic rings. The lowest BCUT2D eigenvalue weighted by Crippen LogP contribution is -2.40. The molecule has 1 amide bonds. The van der Waals surface area contributed by atoms with Crippen LogP contribution in [0.25, 0.3) is 0 Å². The fourth-order valence-electron chi connectivity index (χ4n) is 2.99. The zero-order chi connectivity index (χ0) is 18.9. The fourth-order valence-corrected chi connectivity index (χ4v) is 4.07. The molecule has 1 atom stereocenters. The van der Waals surface area contributed by atoms with Crippen LogP contribution in [-0.4, -0.2) is 50.9 Å². The minimum Gasteiger partial charge on any atom is -0.350 e. The van der Waals surface area contributed by atoms with Gasteiger partial charge in [0.25, 0.3) is 0 Å². The molecule has 10 heteroatoms. The molecule has 1 N–H and O–H groups in total. The van der Waals surface area contributed by atoms with Crippen molar-refractivity contribution < 1.29 is 13.2 Å². The van der Waals surface area contributed by atoms with E-state index in [2.05, 4.69) is 20.3 Å². The van der Waals surface area contributed by atoms with Crippen LogP contribution in [-0.2, 0) is 34.3 Å². The first-order valence-corrected chi connectivity index (χ1v) is 10.2. The summed E-state index contributed by atoms with van der Waals surface area (Å²) in [6.07, 6.45) is 6.43. The minimum absolute atomic E-state index is 0.130. The molecule has 0 saturated heterocycles. The summed E-state index contributed by atoms with van der Waals surface area (Å²) in [5, 5.41) is 2.79. The van der Waals surface area contributed by atoms with Crippen molar-refractivity contribution >= 4 is 15.9 Å². The van der Waals surface area contributed by atoms with E-state index in [4.69, 9.17) is 0 Å². The first kappa shape index (κ1) is 18.5. The van der Waals surface area contributed by atoms with Gasteiger partial charge in [-0.25, -0.2) is 13.4 Å². The number of carbonyl (C=O) groups is 1. The van der Waals surface area contributed by atoms with Gasteiger partial charge in [-0.3, -0.25) is 14.8 Å². The van der Waals surface area contributed by atoms with Crippen LogP contribution < -0.4 is 5.32 Å².